The standard InChI is InChI=1S/C13H14N4S/c1-7(2)11-10(12(14)17-16-11)13-15-8-5-3-4-6-9(8)18-13/h3-7H,1-2H3,(H3,14,16,17). The van der Waals surface area contributed by atoms with E-state index in [9.17, 15) is 0 Å². The van der Waals surface area contributed by atoms with Gasteiger partial charge in [-0.2, -0.15) is 5.10 Å². The molecule has 1 aromatic carbocycles. The third-order valence-electron chi connectivity index (χ3n) is 2.91. The van der Waals surface area contributed by atoms with Gasteiger partial charge < -0.3 is 5.73 Å². The Morgan fingerprint density at radius 2 is 2.06 bits per heavy atom. The number of anilines is 1. The smallest absolute Gasteiger partial charge is 0.155 e. The van der Waals surface area contributed by atoms with Crippen molar-refractivity contribution in [1.82, 2.24) is 15.2 Å². The lowest BCUT2D eigenvalue weighted by atomic mass is 10.1. The van der Waals surface area contributed by atoms with Gasteiger partial charge in [0.05, 0.1) is 21.5 Å². The van der Waals surface area contributed by atoms with E-state index in [1.807, 2.05) is 18.2 Å². The molecule has 0 amide bonds. The van der Waals surface area contributed by atoms with E-state index in [1.165, 1.54) is 4.70 Å². The maximum Gasteiger partial charge on any atom is 0.155 e. The van der Waals surface area contributed by atoms with Gasteiger partial charge in [-0.15, -0.1) is 11.3 Å². The van der Waals surface area contributed by atoms with Crippen LogP contribution in [0, 0.1) is 0 Å². The fourth-order valence-electron chi connectivity index (χ4n) is 1.99. The fraction of sp³-hybridized carbons (Fsp3) is 0.231. The van der Waals surface area contributed by atoms with E-state index in [4.69, 9.17) is 5.73 Å². The van der Waals surface area contributed by atoms with Gasteiger partial charge in [0.15, 0.2) is 5.82 Å². The van der Waals surface area contributed by atoms with Gasteiger partial charge in [0.2, 0.25) is 0 Å². The highest BCUT2D eigenvalue weighted by Gasteiger charge is 2.18. The summed E-state index contributed by atoms with van der Waals surface area (Å²) in [5.41, 5.74) is 8.96. The zero-order valence-electron chi connectivity index (χ0n) is 10.3. The minimum absolute atomic E-state index is 0.344. The van der Waals surface area contributed by atoms with E-state index in [-0.39, 0.29) is 0 Å². The molecule has 0 spiro atoms. The van der Waals surface area contributed by atoms with Gasteiger partial charge in [-0.25, -0.2) is 4.98 Å². The number of para-hydroxylation sites is 1. The molecule has 0 fully saturated rings. The molecule has 5 heteroatoms. The molecule has 0 aliphatic carbocycles. The third kappa shape index (κ3) is 1.67. The van der Waals surface area contributed by atoms with Crippen LogP contribution in [-0.2, 0) is 0 Å². The number of thiazole rings is 1. The number of H-pyrrole nitrogens is 1. The summed E-state index contributed by atoms with van der Waals surface area (Å²) in [4.78, 5) is 4.64. The van der Waals surface area contributed by atoms with Crippen molar-refractivity contribution in [3.63, 3.8) is 0 Å². The minimum Gasteiger partial charge on any atom is -0.382 e. The highest BCUT2D eigenvalue weighted by molar-refractivity contribution is 7.21. The molecule has 0 saturated carbocycles. The second-order valence-corrected chi connectivity index (χ2v) is 5.57. The number of benzene rings is 1. The summed E-state index contributed by atoms with van der Waals surface area (Å²) >= 11 is 1.65. The third-order valence-corrected chi connectivity index (χ3v) is 3.96. The highest BCUT2D eigenvalue weighted by Crippen LogP contribution is 2.36. The van der Waals surface area contributed by atoms with Gasteiger partial charge in [-0.1, -0.05) is 26.0 Å². The van der Waals surface area contributed by atoms with Crippen LogP contribution >= 0.6 is 11.3 Å². The predicted molar refractivity (Wildman–Crippen MR) is 75.7 cm³/mol. The van der Waals surface area contributed by atoms with Crippen LogP contribution in [0.5, 0.6) is 0 Å². The fourth-order valence-corrected chi connectivity index (χ4v) is 3.03. The van der Waals surface area contributed by atoms with Crippen LogP contribution in [0.3, 0.4) is 0 Å². The van der Waals surface area contributed by atoms with Crippen molar-refractivity contribution in [1.29, 1.82) is 0 Å². The van der Waals surface area contributed by atoms with Crippen molar-refractivity contribution in [3.05, 3.63) is 30.0 Å². The number of hydrogen-bond donors (Lipinski definition) is 2. The molecule has 3 N–H and O–H groups in total. The summed E-state index contributed by atoms with van der Waals surface area (Å²) in [6.45, 7) is 4.23. The summed E-state index contributed by atoms with van der Waals surface area (Å²) in [6.07, 6.45) is 0. The maximum absolute atomic E-state index is 5.96. The van der Waals surface area contributed by atoms with Gasteiger partial charge in [-0.05, 0) is 18.1 Å². The lowest BCUT2D eigenvalue weighted by Crippen LogP contribution is -1.92. The van der Waals surface area contributed by atoms with Gasteiger partial charge in [0, 0.05) is 0 Å². The first-order valence-electron chi connectivity index (χ1n) is 5.86. The number of nitrogens with two attached hydrogens (primary N) is 1. The zero-order chi connectivity index (χ0) is 12.7. The quantitative estimate of drug-likeness (QED) is 0.740. The zero-order valence-corrected chi connectivity index (χ0v) is 11.1. The maximum atomic E-state index is 5.96. The van der Waals surface area contributed by atoms with Gasteiger partial charge in [-0.3, -0.25) is 5.10 Å². The molecule has 3 aromatic rings. The molecular weight excluding hydrogens is 244 g/mol. The van der Waals surface area contributed by atoms with Gasteiger partial charge in [0.25, 0.3) is 0 Å². The van der Waals surface area contributed by atoms with Crippen molar-refractivity contribution in [2.45, 2.75) is 19.8 Å². The Labute approximate surface area is 109 Å². The number of fused-ring (bicyclic) bond motifs is 1. The number of nitrogen functional groups attached to an aromatic ring is 1. The normalized spacial score (nSPS) is 11.5. The molecule has 4 nitrogen and oxygen atoms in total. The van der Waals surface area contributed by atoms with Gasteiger partial charge >= 0.3 is 0 Å². The molecule has 0 atom stereocenters. The molecule has 0 aliphatic rings. The second-order valence-electron chi connectivity index (χ2n) is 4.54. The topological polar surface area (TPSA) is 67.6 Å². The Balaban J connectivity index is 2.22. The predicted octanol–water partition coefficient (Wildman–Crippen LogP) is 3.39. The molecule has 0 saturated heterocycles. The van der Waals surface area contributed by atoms with E-state index in [1.54, 1.807) is 11.3 Å². The Bertz CT molecular complexity index is 663. The van der Waals surface area contributed by atoms with Crippen molar-refractivity contribution in [2.75, 3.05) is 5.73 Å². The van der Waals surface area contributed by atoms with E-state index >= 15 is 0 Å². The summed E-state index contributed by atoms with van der Waals surface area (Å²) in [5, 5.41) is 8.05. The van der Waals surface area contributed by atoms with E-state index in [0.717, 1.165) is 21.8 Å². The van der Waals surface area contributed by atoms with Crippen LogP contribution < -0.4 is 5.73 Å². The van der Waals surface area contributed by atoms with Crippen LogP contribution in [0.2, 0.25) is 0 Å². The number of aromatic nitrogens is 3. The van der Waals surface area contributed by atoms with Crippen molar-refractivity contribution >= 4 is 27.4 Å². The summed E-state index contributed by atoms with van der Waals surface area (Å²) in [6, 6.07) is 8.10. The Morgan fingerprint density at radius 3 is 2.78 bits per heavy atom. The molecule has 0 bridgehead atoms. The molecular formula is C13H14N4S. The second kappa shape index (κ2) is 4.10. The van der Waals surface area contributed by atoms with Crippen LogP contribution in [0.4, 0.5) is 5.82 Å². The first kappa shape index (κ1) is 11.2. The van der Waals surface area contributed by atoms with Crippen LogP contribution in [0.25, 0.3) is 20.8 Å². The molecule has 0 radical (unpaired) electrons. The summed E-state index contributed by atoms with van der Waals surface area (Å²) < 4.78 is 1.17. The monoisotopic (exact) mass is 258 g/mol. The lowest BCUT2D eigenvalue weighted by Gasteiger charge is -2.03. The minimum atomic E-state index is 0.344. The van der Waals surface area contributed by atoms with E-state index in [0.29, 0.717) is 11.7 Å². The summed E-state index contributed by atoms with van der Waals surface area (Å²) in [7, 11) is 0. The average molecular weight is 258 g/mol. The highest BCUT2D eigenvalue weighted by atomic mass is 32.1. The summed E-state index contributed by atoms with van der Waals surface area (Å²) in [5.74, 6) is 0.870. The van der Waals surface area contributed by atoms with Gasteiger partial charge in [0.1, 0.15) is 5.01 Å². The SMILES string of the molecule is CC(C)c1[nH]nc(N)c1-c1nc2ccccc2s1. The number of aromatic amines is 1. The van der Waals surface area contributed by atoms with Crippen molar-refractivity contribution < 1.29 is 0 Å². The van der Waals surface area contributed by atoms with E-state index in [2.05, 4.69) is 35.1 Å². The first-order chi connectivity index (χ1) is 8.66. The average Bonchev–Trinajstić information content (AvgIpc) is 2.91. The number of nitrogens with zero attached hydrogens (tertiary/aromatic N) is 2. The molecule has 0 unspecified atom stereocenters. The molecule has 92 valence electrons. The number of rotatable bonds is 2. The molecule has 2 heterocycles. The molecule has 2 aromatic heterocycles. The Morgan fingerprint density at radius 1 is 1.28 bits per heavy atom. The lowest BCUT2D eigenvalue weighted by molar-refractivity contribution is 0.812. The van der Waals surface area contributed by atoms with Crippen LogP contribution in [0.1, 0.15) is 25.5 Å². The van der Waals surface area contributed by atoms with Crippen LogP contribution in [-0.4, -0.2) is 15.2 Å². The van der Waals surface area contributed by atoms with Crippen molar-refractivity contribution in [3.8, 4) is 10.6 Å². The molecule has 18 heavy (non-hydrogen) atoms. The Hall–Kier alpha value is -1.88. The van der Waals surface area contributed by atoms with E-state index < -0.39 is 0 Å². The largest absolute Gasteiger partial charge is 0.382 e. The Kier molecular flexibility index (Phi) is 2.56. The van der Waals surface area contributed by atoms with Crippen LogP contribution in [0.15, 0.2) is 24.3 Å². The molecule has 3 rings (SSSR count). The molecule has 0 aliphatic heterocycles. The number of hydrogen-bond acceptors (Lipinski definition) is 4. The van der Waals surface area contributed by atoms with Crippen molar-refractivity contribution in [2.24, 2.45) is 0 Å². The number of nitrogens with one attached hydrogen (secondary N) is 1. The first-order valence-corrected chi connectivity index (χ1v) is 6.68.